The van der Waals surface area contributed by atoms with Gasteiger partial charge in [-0.2, -0.15) is 0 Å². The van der Waals surface area contributed by atoms with Crippen molar-refractivity contribution in [3.63, 3.8) is 0 Å². The van der Waals surface area contributed by atoms with E-state index in [-0.39, 0.29) is 23.4 Å². The van der Waals surface area contributed by atoms with Crippen LogP contribution in [0.5, 0.6) is 0 Å². The van der Waals surface area contributed by atoms with E-state index >= 15 is 0 Å². The van der Waals surface area contributed by atoms with E-state index in [9.17, 15) is 18.8 Å². The molecule has 0 aliphatic carbocycles. The van der Waals surface area contributed by atoms with Crippen molar-refractivity contribution in [2.75, 3.05) is 0 Å². The highest BCUT2D eigenvalue weighted by Crippen LogP contribution is 2.19. The number of urea groups is 1. The van der Waals surface area contributed by atoms with Gasteiger partial charge < -0.3 is 5.32 Å². The highest BCUT2D eigenvalue weighted by atomic mass is 35.5. The van der Waals surface area contributed by atoms with Crippen molar-refractivity contribution in [2.24, 2.45) is 0 Å². The molecule has 1 aromatic heterocycles. The molecule has 158 valence electrons. The number of halogens is 2. The molecule has 3 amide bonds. The average Bonchev–Trinajstić information content (AvgIpc) is 3.20. The summed E-state index contributed by atoms with van der Waals surface area (Å²) in [6, 6.07) is 11.8. The fourth-order valence-corrected chi connectivity index (χ4v) is 3.49. The summed E-state index contributed by atoms with van der Waals surface area (Å²) in [5.74, 6) is -1.04. The third-order valence-corrected chi connectivity index (χ3v) is 5.18. The first kappa shape index (κ1) is 20.6. The molecule has 1 aliphatic rings. The Bertz CT molecular complexity index is 1260. The van der Waals surface area contributed by atoms with E-state index < -0.39 is 17.8 Å². The van der Waals surface area contributed by atoms with Gasteiger partial charge >= 0.3 is 6.03 Å². The van der Waals surface area contributed by atoms with Gasteiger partial charge in [0.2, 0.25) is 0 Å². The summed E-state index contributed by atoms with van der Waals surface area (Å²) in [4.78, 5) is 39.1. The Morgan fingerprint density at radius 3 is 2.52 bits per heavy atom. The van der Waals surface area contributed by atoms with E-state index in [4.69, 9.17) is 11.6 Å². The number of benzene rings is 2. The van der Waals surface area contributed by atoms with Crippen molar-refractivity contribution >= 4 is 29.6 Å². The predicted octanol–water partition coefficient (Wildman–Crippen LogP) is 3.61. The lowest BCUT2D eigenvalue weighted by Crippen LogP contribution is -2.30. The average molecular weight is 441 g/mol. The normalized spacial score (nSPS) is 15.1. The second-order valence-electron chi connectivity index (χ2n) is 6.98. The number of H-pyrrole nitrogens is 1. The Balaban J connectivity index is 1.67. The first-order chi connectivity index (χ1) is 14.9. The molecule has 0 atom stereocenters. The topological polar surface area (TPSA) is 87.2 Å². The Hall–Kier alpha value is -3.65. The smallest absolute Gasteiger partial charge is 0.303 e. The number of carbonyl (C=O) groups is 2. The maximum atomic E-state index is 13.4. The zero-order valence-corrected chi connectivity index (χ0v) is 17.2. The van der Waals surface area contributed by atoms with Gasteiger partial charge in [-0.05, 0) is 54.5 Å². The molecule has 3 aromatic rings. The molecule has 0 bridgehead atoms. The van der Waals surface area contributed by atoms with Crippen molar-refractivity contribution < 1.29 is 14.0 Å². The van der Waals surface area contributed by atoms with Gasteiger partial charge in [0.15, 0.2) is 0 Å². The summed E-state index contributed by atoms with van der Waals surface area (Å²) in [6.45, 7) is 1.79. The fraction of sp³-hybridized carbons (Fsp3) is 0.136. The number of carbonyl (C=O) groups excluding carboxylic acids is 2. The summed E-state index contributed by atoms with van der Waals surface area (Å²) >= 11 is 5.92. The van der Waals surface area contributed by atoms with Gasteiger partial charge in [-0.3, -0.25) is 19.6 Å². The maximum Gasteiger partial charge on any atom is 0.329 e. The number of amides is 3. The van der Waals surface area contributed by atoms with Crippen LogP contribution >= 0.6 is 11.6 Å². The van der Waals surface area contributed by atoms with Crippen LogP contribution in [0.4, 0.5) is 9.18 Å². The number of nitrogens with one attached hydrogen (secondary N) is 2. The number of imide groups is 1. The number of hydrogen-bond donors (Lipinski definition) is 2. The summed E-state index contributed by atoms with van der Waals surface area (Å²) in [6.07, 6.45) is 1.87. The molecule has 2 heterocycles. The van der Waals surface area contributed by atoms with Crippen molar-refractivity contribution in [1.29, 1.82) is 0 Å². The third kappa shape index (κ3) is 4.02. The number of hydrogen-bond acceptors (Lipinski definition) is 3. The van der Waals surface area contributed by atoms with Crippen LogP contribution in [0.2, 0.25) is 5.02 Å². The van der Waals surface area contributed by atoms with Crippen LogP contribution in [-0.4, -0.2) is 26.6 Å². The minimum Gasteiger partial charge on any atom is -0.303 e. The number of aryl methyl sites for hydroxylation is 1. The number of nitrogens with zero attached hydrogens (tertiary/aromatic N) is 2. The van der Waals surface area contributed by atoms with E-state index in [0.29, 0.717) is 28.4 Å². The first-order valence-electron chi connectivity index (χ1n) is 9.56. The van der Waals surface area contributed by atoms with Gasteiger partial charge in [-0.25, -0.2) is 13.9 Å². The molecule has 31 heavy (non-hydrogen) atoms. The molecule has 9 heteroatoms. The zero-order valence-electron chi connectivity index (χ0n) is 16.5. The van der Waals surface area contributed by atoms with Gasteiger partial charge in [0.25, 0.3) is 11.5 Å². The van der Waals surface area contributed by atoms with E-state index in [2.05, 4.69) is 10.4 Å². The molecular weight excluding hydrogens is 423 g/mol. The first-order valence-corrected chi connectivity index (χ1v) is 9.94. The van der Waals surface area contributed by atoms with Crippen LogP contribution in [0.1, 0.15) is 23.7 Å². The van der Waals surface area contributed by atoms with Crippen molar-refractivity contribution in [3.8, 4) is 5.69 Å². The Labute approximate surface area is 181 Å². The molecule has 1 saturated heterocycles. The van der Waals surface area contributed by atoms with Crippen LogP contribution < -0.4 is 10.9 Å². The molecule has 0 unspecified atom stereocenters. The Kier molecular flexibility index (Phi) is 5.48. The number of aromatic amines is 1. The SMILES string of the molecule is CCc1[nH]n(-c2ccc(Cl)cc2)c(=O)c1C=C1NC(=O)N(Cc2cccc(F)c2)C1=O. The van der Waals surface area contributed by atoms with E-state index in [1.54, 1.807) is 30.3 Å². The van der Waals surface area contributed by atoms with Gasteiger partial charge in [0, 0.05) is 10.7 Å². The van der Waals surface area contributed by atoms with Gasteiger partial charge in [0.05, 0.1) is 17.8 Å². The van der Waals surface area contributed by atoms with Gasteiger partial charge in [-0.1, -0.05) is 30.7 Å². The lowest BCUT2D eigenvalue weighted by atomic mass is 10.1. The second kappa shape index (κ2) is 8.23. The number of aromatic nitrogens is 2. The van der Waals surface area contributed by atoms with Gasteiger partial charge in [-0.15, -0.1) is 0 Å². The highest BCUT2D eigenvalue weighted by molar-refractivity contribution is 6.30. The molecule has 7 nitrogen and oxygen atoms in total. The molecule has 1 fully saturated rings. The zero-order chi connectivity index (χ0) is 22.1. The molecule has 1 aliphatic heterocycles. The summed E-state index contributed by atoms with van der Waals surface area (Å²) in [5.41, 5.74) is 1.56. The van der Waals surface area contributed by atoms with Crippen LogP contribution in [-0.2, 0) is 17.8 Å². The van der Waals surface area contributed by atoms with Crippen LogP contribution in [0.3, 0.4) is 0 Å². The number of rotatable bonds is 5. The Morgan fingerprint density at radius 2 is 1.84 bits per heavy atom. The van der Waals surface area contributed by atoms with E-state index in [0.717, 1.165) is 4.90 Å². The summed E-state index contributed by atoms with van der Waals surface area (Å²) in [5, 5.41) is 6.07. The summed E-state index contributed by atoms with van der Waals surface area (Å²) in [7, 11) is 0. The minimum atomic E-state index is -0.632. The lowest BCUT2D eigenvalue weighted by Gasteiger charge is -2.11. The van der Waals surface area contributed by atoms with Crippen molar-refractivity contribution in [3.05, 3.63) is 92.2 Å². The molecule has 0 spiro atoms. The lowest BCUT2D eigenvalue weighted by molar-refractivity contribution is -0.123. The van der Waals surface area contributed by atoms with E-state index in [1.165, 1.54) is 29.0 Å². The minimum absolute atomic E-state index is 0.0181. The van der Waals surface area contributed by atoms with Crippen molar-refractivity contribution in [1.82, 2.24) is 20.0 Å². The van der Waals surface area contributed by atoms with Crippen LogP contribution in [0, 0.1) is 5.82 Å². The van der Waals surface area contributed by atoms with Crippen molar-refractivity contribution in [2.45, 2.75) is 19.9 Å². The predicted molar refractivity (Wildman–Crippen MR) is 114 cm³/mol. The molecule has 2 N–H and O–H groups in total. The largest absolute Gasteiger partial charge is 0.329 e. The Morgan fingerprint density at radius 1 is 1.10 bits per heavy atom. The van der Waals surface area contributed by atoms with Crippen LogP contribution in [0.15, 0.2) is 59.0 Å². The quantitative estimate of drug-likeness (QED) is 0.469. The monoisotopic (exact) mass is 440 g/mol. The molecule has 0 saturated carbocycles. The molecule has 2 aromatic carbocycles. The second-order valence-corrected chi connectivity index (χ2v) is 7.42. The maximum absolute atomic E-state index is 13.4. The van der Waals surface area contributed by atoms with E-state index in [1.807, 2.05) is 6.92 Å². The molecule has 0 radical (unpaired) electrons. The molecular formula is C22H18ClFN4O3. The highest BCUT2D eigenvalue weighted by Gasteiger charge is 2.34. The standard InChI is InChI=1S/C22H18ClFN4O3/c1-2-18-17(20(29)28(26-18)16-8-6-14(23)7-9-16)11-19-21(30)27(22(31)25-19)12-13-4-3-5-15(24)10-13/h3-11,26H,2,12H2,1H3,(H,25,31). The van der Waals surface area contributed by atoms with Crippen LogP contribution in [0.25, 0.3) is 11.8 Å². The third-order valence-electron chi connectivity index (χ3n) is 4.92. The fourth-order valence-electron chi connectivity index (χ4n) is 3.36. The summed E-state index contributed by atoms with van der Waals surface area (Å²) < 4.78 is 14.8. The molecule has 4 rings (SSSR count). The van der Waals surface area contributed by atoms with Gasteiger partial charge in [0.1, 0.15) is 11.5 Å².